The Labute approximate surface area is 111 Å². The van der Waals surface area contributed by atoms with Crippen molar-refractivity contribution in [3.05, 3.63) is 30.3 Å². The van der Waals surface area contributed by atoms with E-state index in [9.17, 15) is 13.2 Å². The Morgan fingerprint density at radius 1 is 1.11 bits per heavy atom. The van der Waals surface area contributed by atoms with E-state index in [1.54, 1.807) is 30.3 Å². The summed E-state index contributed by atoms with van der Waals surface area (Å²) in [4.78, 5) is 12.7. The topological polar surface area (TPSA) is 102 Å². The van der Waals surface area contributed by atoms with E-state index in [-0.39, 0.29) is 18.0 Å². The van der Waals surface area contributed by atoms with E-state index < -0.39 is 21.5 Å². The number of sulfone groups is 1. The second-order valence-electron chi connectivity index (χ2n) is 3.64. The van der Waals surface area contributed by atoms with Gasteiger partial charge in [0.2, 0.25) is 5.91 Å². The van der Waals surface area contributed by atoms with Crippen LogP contribution in [-0.2, 0) is 14.6 Å². The molecule has 0 unspecified atom stereocenters. The maximum absolute atomic E-state index is 11.9. The summed E-state index contributed by atoms with van der Waals surface area (Å²) >= 11 is 0. The number of benzene rings is 1. The SMILES string of the molecule is N#CCN(CC#N)C(=O)CS(=O)(=O)c1ccccc1. The number of carbonyl (C=O) groups is 1. The summed E-state index contributed by atoms with van der Waals surface area (Å²) in [6.45, 7) is -0.618. The Hall–Kier alpha value is -2.38. The molecule has 0 aromatic heterocycles. The second kappa shape index (κ2) is 6.53. The Bertz CT molecular complexity index is 610. The van der Waals surface area contributed by atoms with Gasteiger partial charge in [-0.1, -0.05) is 18.2 Å². The minimum absolute atomic E-state index is 0.0391. The molecule has 19 heavy (non-hydrogen) atoms. The van der Waals surface area contributed by atoms with Crippen molar-refractivity contribution >= 4 is 15.7 Å². The van der Waals surface area contributed by atoms with Crippen LogP contribution in [-0.4, -0.2) is 38.1 Å². The molecule has 0 aliphatic rings. The number of hydrogen-bond donors (Lipinski definition) is 0. The molecule has 0 N–H and O–H groups in total. The predicted octanol–water partition coefficient (Wildman–Crippen LogP) is 0.336. The third-order valence-corrected chi connectivity index (χ3v) is 3.91. The Morgan fingerprint density at radius 3 is 2.11 bits per heavy atom. The summed E-state index contributed by atoms with van der Waals surface area (Å²) < 4.78 is 23.9. The van der Waals surface area contributed by atoms with Crippen molar-refractivity contribution in [3.8, 4) is 12.1 Å². The van der Waals surface area contributed by atoms with E-state index in [2.05, 4.69) is 0 Å². The highest BCUT2D eigenvalue weighted by Gasteiger charge is 2.23. The first kappa shape index (κ1) is 14.7. The van der Waals surface area contributed by atoms with Crippen LogP contribution in [0, 0.1) is 22.7 Å². The molecule has 0 heterocycles. The summed E-state index contributed by atoms with van der Waals surface area (Å²) in [7, 11) is -3.75. The molecule has 1 aromatic carbocycles. The van der Waals surface area contributed by atoms with Gasteiger partial charge < -0.3 is 4.90 Å². The van der Waals surface area contributed by atoms with E-state index in [4.69, 9.17) is 10.5 Å². The van der Waals surface area contributed by atoms with Gasteiger partial charge >= 0.3 is 0 Å². The lowest BCUT2D eigenvalue weighted by Gasteiger charge is -2.15. The first-order valence-corrected chi connectivity index (χ1v) is 6.96. The fraction of sp³-hybridized carbons (Fsp3) is 0.250. The summed E-state index contributed by atoms with van der Waals surface area (Å²) in [6.07, 6.45) is 0. The Morgan fingerprint density at radius 2 is 1.63 bits per heavy atom. The standard InChI is InChI=1S/C12H11N3O3S/c13-6-8-15(9-7-14)12(16)10-19(17,18)11-4-2-1-3-5-11/h1-5H,8-10H2. The molecule has 6 nitrogen and oxygen atoms in total. The Kier molecular flexibility index (Phi) is 5.04. The van der Waals surface area contributed by atoms with Gasteiger partial charge in [-0.15, -0.1) is 0 Å². The molecule has 0 saturated carbocycles. The van der Waals surface area contributed by atoms with Crippen LogP contribution in [0.15, 0.2) is 35.2 Å². The Balaban J connectivity index is 2.87. The fourth-order valence-electron chi connectivity index (χ4n) is 1.37. The molecule has 0 radical (unpaired) electrons. The zero-order valence-electron chi connectivity index (χ0n) is 9.98. The van der Waals surface area contributed by atoms with Crippen molar-refractivity contribution in [2.24, 2.45) is 0 Å². The van der Waals surface area contributed by atoms with Gasteiger partial charge in [0.05, 0.1) is 17.0 Å². The highest BCUT2D eigenvalue weighted by Crippen LogP contribution is 2.10. The minimum Gasteiger partial charge on any atom is -0.315 e. The zero-order valence-corrected chi connectivity index (χ0v) is 10.8. The minimum atomic E-state index is -3.75. The third kappa shape index (κ3) is 4.09. The smallest absolute Gasteiger partial charge is 0.239 e. The molecule has 0 spiro atoms. The van der Waals surface area contributed by atoms with Gasteiger partial charge in [-0.2, -0.15) is 10.5 Å². The van der Waals surface area contributed by atoms with Crippen molar-refractivity contribution < 1.29 is 13.2 Å². The molecule has 98 valence electrons. The normalized spacial score (nSPS) is 10.2. The highest BCUT2D eigenvalue weighted by atomic mass is 32.2. The average molecular weight is 277 g/mol. The molecule has 0 bridgehead atoms. The van der Waals surface area contributed by atoms with Crippen LogP contribution in [0.2, 0.25) is 0 Å². The van der Waals surface area contributed by atoms with E-state index in [0.29, 0.717) is 0 Å². The molecule has 0 saturated heterocycles. The lowest BCUT2D eigenvalue weighted by molar-refractivity contribution is -0.127. The molecule has 1 rings (SSSR count). The lowest BCUT2D eigenvalue weighted by Crippen LogP contribution is -2.36. The molecule has 0 fully saturated rings. The summed E-state index contributed by atoms with van der Waals surface area (Å²) in [5.74, 6) is -1.51. The van der Waals surface area contributed by atoms with Crippen LogP contribution in [0.5, 0.6) is 0 Å². The van der Waals surface area contributed by atoms with Gasteiger partial charge in [0, 0.05) is 0 Å². The van der Waals surface area contributed by atoms with E-state index in [1.165, 1.54) is 12.1 Å². The van der Waals surface area contributed by atoms with Gasteiger partial charge in [0.25, 0.3) is 0 Å². The number of hydrogen-bond acceptors (Lipinski definition) is 5. The second-order valence-corrected chi connectivity index (χ2v) is 5.63. The largest absolute Gasteiger partial charge is 0.315 e. The quantitative estimate of drug-likeness (QED) is 0.722. The van der Waals surface area contributed by atoms with Crippen molar-refractivity contribution in [1.29, 1.82) is 10.5 Å². The third-order valence-electron chi connectivity index (χ3n) is 2.29. The van der Waals surface area contributed by atoms with Crippen LogP contribution in [0.25, 0.3) is 0 Å². The van der Waals surface area contributed by atoms with Crippen LogP contribution >= 0.6 is 0 Å². The number of carbonyl (C=O) groups excluding carboxylic acids is 1. The monoisotopic (exact) mass is 277 g/mol. The summed E-state index contributed by atoms with van der Waals surface area (Å²) in [5.41, 5.74) is 0. The van der Waals surface area contributed by atoms with Gasteiger partial charge in [-0.3, -0.25) is 4.79 Å². The van der Waals surface area contributed by atoms with Gasteiger partial charge in [-0.25, -0.2) is 8.42 Å². The first-order valence-electron chi connectivity index (χ1n) is 5.30. The molecule has 1 amide bonds. The molecular weight excluding hydrogens is 266 g/mol. The van der Waals surface area contributed by atoms with Crippen molar-refractivity contribution in [3.63, 3.8) is 0 Å². The van der Waals surface area contributed by atoms with Crippen molar-refractivity contribution in [2.75, 3.05) is 18.8 Å². The molecule has 0 aliphatic carbocycles. The number of nitrogens with zero attached hydrogens (tertiary/aromatic N) is 3. The number of rotatable bonds is 5. The molecule has 0 aliphatic heterocycles. The van der Waals surface area contributed by atoms with Crippen LogP contribution < -0.4 is 0 Å². The van der Waals surface area contributed by atoms with Gasteiger partial charge in [-0.05, 0) is 12.1 Å². The maximum atomic E-state index is 11.9. The zero-order chi connectivity index (χ0) is 14.3. The van der Waals surface area contributed by atoms with Gasteiger partial charge in [0.1, 0.15) is 18.8 Å². The predicted molar refractivity (Wildman–Crippen MR) is 66.3 cm³/mol. The molecule has 1 aromatic rings. The van der Waals surface area contributed by atoms with Crippen molar-refractivity contribution in [1.82, 2.24) is 4.90 Å². The lowest BCUT2D eigenvalue weighted by atomic mass is 10.4. The van der Waals surface area contributed by atoms with Crippen molar-refractivity contribution in [2.45, 2.75) is 4.90 Å². The van der Waals surface area contributed by atoms with E-state index in [0.717, 1.165) is 4.90 Å². The van der Waals surface area contributed by atoms with Crippen LogP contribution in [0.4, 0.5) is 0 Å². The highest BCUT2D eigenvalue weighted by molar-refractivity contribution is 7.92. The number of amides is 1. The molecular formula is C12H11N3O3S. The first-order chi connectivity index (χ1) is 9.01. The molecule has 0 atom stereocenters. The van der Waals surface area contributed by atoms with Crippen LogP contribution in [0.1, 0.15) is 0 Å². The summed E-state index contributed by atoms with van der Waals surface area (Å²) in [5, 5.41) is 17.0. The average Bonchev–Trinajstić information content (AvgIpc) is 2.39. The van der Waals surface area contributed by atoms with E-state index in [1.807, 2.05) is 0 Å². The number of nitriles is 2. The van der Waals surface area contributed by atoms with E-state index >= 15 is 0 Å². The fourth-order valence-corrected chi connectivity index (χ4v) is 2.61. The summed E-state index contributed by atoms with van der Waals surface area (Å²) in [6, 6.07) is 11.0. The molecule has 7 heteroatoms. The van der Waals surface area contributed by atoms with Gasteiger partial charge in [0.15, 0.2) is 9.84 Å². The van der Waals surface area contributed by atoms with Crippen LogP contribution in [0.3, 0.4) is 0 Å². The maximum Gasteiger partial charge on any atom is 0.239 e.